The van der Waals surface area contributed by atoms with Crippen LogP contribution < -0.4 is 14.2 Å². The molecule has 0 aromatic heterocycles. The molecule has 2 aromatic carbocycles. The van der Waals surface area contributed by atoms with E-state index in [9.17, 15) is 4.79 Å². The third-order valence-electron chi connectivity index (χ3n) is 4.50. The fourth-order valence-electron chi connectivity index (χ4n) is 2.84. The maximum absolute atomic E-state index is 12.2. The molecule has 1 fully saturated rings. The monoisotopic (exact) mass is 477 g/mol. The molecular weight excluding hydrogens is 454 g/mol. The molecule has 1 heterocycles. The zero-order valence-electron chi connectivity index (χ0n) is 17.6. The van der Waals surface area contributed by atoms with Crippen molar-refractivity contribution in [2.24, 2.45) is 0 Å². The van der Waals surface area contributed by atoms with Crippen molar-refractivity contribution in [1.29, 1.82) is 0 Å². The number of benzene rings is 2. The van der Waals surface area contributed by atoms with Crippen molar-refractivity contribution in [1.82, 2.24) is 4.90 Å². The number of nitrogens with zero attached hydrogens (tertiary/aromatic N) is 1. The topological polar surface area (TPSA) is 48.0 Å². The Hall–Kier alpha value is -2.22. The second-order valence-electron chi connectivity index (χ2n) is 6.84. The van der Waals surface area contributed by atoms with E-state index in [0.29, 0.717) is 47.0 Å². The molecule has 3 rings (SSSR count). The number of hydrogen-bond acceptors (Lipinski definition) is 6. The predicted octanol–water partition coefficient (Wildman–Crippen LogP) is 5.73. The van der Waals surface area contributed by atoms with Gasteiger partial charge in [0.1, 0.15) is 10.1 Å². The summed E-state index contributed by atoms with van der Waals surface area (Å²) < 4.78 is 17.9. The van der Waals surface area contributed by atoms with Crippen LogP contribution in [0.3, 0.4) is 0 Å². The zero-order chi connectivity index (χ0) is 22.4. The van der Waals surface area contributed by atoms with Crippen LogP contribution >= 0.6 is 35.6 Å². The van der Waals surface area contributed by atoms with E-state index in [1.54, 1.807) is 7.05 Å². The zero-order valence-corrected chi connectivity index (χ0v) is 20.0. The van der Waals surface area contributed by atoms with Crippen molar-refractivity contribution < 1.29 is 19.0 Å². The largest absolute Gasteiger partial charge is 0.493 e. The van der Waals surface area contributed by atoms with E-state index in [0.717, 1.165) is 21.9 Å². The number of thioether (sulfide) groups is 1. The van der Waals surface area contributed by atoms with Gasteiger partial charge in [0, 0.05) is 18.5 Å². The van der Waals surface area contributed by atoms with Crippen LogP contribution in [0.5, 0.6) is 17.2 Å². The van der Waals surface area contributed by atoms with Crippen LogP contribution in [0.4, 0.5) is 0 Å². The van der Waals surface area contributed by atoms with Gasteiger partial charge in [-0.3, -0.25) is 9.69 Å². The number of ether oxygens (including phenoxy) is 3. The lowest BCUT2D eigenvalue weighted by atomic mass is 10.2. The van der Waals surface area contributed by atoms with Crippen LogP contribution in [0, 0.1) is 6.92 Å². The van der Waals surface area contributed by atoms with Crippen molar-refractivity contribution in [2.75, 3.05) is 26.9 Å². The first-order valence-corrected chi connectivity index (χ1v) is 11.5. The lowest BCUT2D eigenvalue weighted by Crippen LogP contribution is -2.22. The Balaban J connectivity index is 1.57. The van der Waals surface area contributed by atoms with Crippen molar-refractivity contribution in [2.45, 2.75) is 20.3 Å². The summed E-state index contributed by atoms with van der Waals surface area (Å²) in [5.74, 6) is 1.99. The quantitative estimate of drug-likeness (QED) is 0.261. The van der Waals surface area contributed by atoms with E-state index in [1.807, 2.05) is 56.3 Å². The fraction of sp³-hybridized carbons (Fsp3) is 0.304. The number of thiocarbonyl (C=S) groups is 1. The van der Waals surface area contributed by atoms with Gasteiger partial charge in [-0.25, -0.2) is 0 Å². The summed E-state index contributed by atoms with van der Waals surface area (Å²) in [6, 6.07) is 11.2. The van der Waals surface area contributed by atoms with Gasteiger partial charge in [-0.1, -0.05) is 41.6 Å². The number of carbonyl (C=O) groups excluding carboxylic acids is 1. The lowest BCUT2D eigenvalue weighted by Gasteiger charge is -2.13. The van der Waals surface area contributed by atoms with Gasteiger partial charge in [-0.05, 0) is 61.4 Å². The van der Waals surface area contributed by atoms with Crippen LogP contribution in [0.15, 0.2) is 41.3 Å². The number of aryl methyl sites for hydroxylation is 1. The molecule has 0 radical (unpaired) electrons. The average Bonchev–Trinajstić information content (AvgIpc) is 2.98. The van der Waals surface area contributed by atoms with Gasteiger partial charge in [0.05, 0.1) is 24.7 Å². The normalized spacial score (nSPS) is 15.0. The summed E-state index contributed by atoms with van der Waals surface area (Å²) in [6.45, 7) is 5.39. The number of hydrogen-bond donors (Lipinski definition) is 0. The molecule has 0 saturated carbocycles. The van der Waals surface area contributed by atoms with Gasteiger partial charge in [0.2, 0.25) is 0 Å². The molecule has 0 spiro atoms. The number of likely N-dealkylation sites (N-methyl/N-ethyl adjacent to an activating group) is 1. The Morgan fingerprint density at radius 2 is 1.87 bits per heavy atom. The summed E-state index contributed by atoms with van der Waals surface area (Å²) in [5, 5.41) is 0.726. The van der Waals surface area contributed by atoms with E-state index in [2.05, 4.69) is 0 Å². The maximum atomic E-state index is 12.2. The van der Waals surface area contributed by atoms with Gasteiger partial charge in [-0.2, -0.15) is 0 Å². The molecule has 1 amide bonds. The summed E-state index contributed by atoms with van der Waals surface area (Å²) in [6.07, 6.45) is 2.53. The maximum Gasteiger partial charge on any atom is 0.265 e. The molecule has 0 atom stereocenters. The molecule has 0 unspecified atom stereocenters. The highest BCUT2D eigenvalue weighted by molar-refractivity contribution is 8.26. The number of halogens is 1. The molecule has 0 bridgehead atoms. The molecule has 1 saturated heterocycles. The van der Waals surface area contributed by atoms with Gasteiger partial charge in [-0.15, -0.1) is 0 Å². The minimum Gasteiger partial charge on any atom is -0.493 e. The minimum atomic E-state index is -0.0934. The van der Waals surface area contributed by atoms with Crippen molar-refractivity contribution >= 4 is 51.9 Å². The number of rotatable bonds is 9. The van der Waals surface area contributed by atoms with Crippen LogP contribution in [-0.2, 0) is 4.79 Å². The third-order valence-corrected chi connectivity index (χ3v) is 6.41. The average molecular weight is 478 g/mol. The van der Waals surface area contributed by atoms with Crippen LogP contribution in [0.25, 0.3) is 6.08 Å². The van der Waals surface area contributed by atoms with Gasteiger partial charge < -0.3 is 14.2 Å². The highest BCUT2D eigenvalue weighted by atomic mass is 35.5. The molecule has 1 aliphatic heterocycles. The molecule has 31 heavy (non-hydrogen) atoms. The Morgan fingerprint density at radius 1 is 1.10 bits per heavy atom. The van der Waals surface area contributed by atoms with Crippen LogP contribution in [0.2, 0.25) is 5.02 Å². The highest BCUT2D eigenvalue weighted by Gasteiger charge is 2.28. The van der Waals surface area contributed by atoms with Crippen molar-refractivity contribution in [3.8, 4) is 17.2 Å². The first-order valence-electron chi connectivity index (χ1n) is 9.89. The van der Waals surface area contributed by atoms with E-state index < -0.39 is 0 Å². The van der Waals surface area contributed by atoms with Gasteiger partial charge in [0.25, 0.3) is 5.91 Å². The highest BCUT2D eigenvalue weighted by Crippen LogP contribution is 2.34. The first kappa shape index (κ1) is 23.4. The fourth-order valence-corrected chi connectivity index (χ4v) is 4.13. The van der Waals surface area contributed by atoms with Crippen molar-refractivity contribution in [3.63, 3.8) is 0 Å². The second-order valence-corrected chi connectivity index (χ2v) is 8.92. The van der Waals surface area contributed by atoms with Crippen LogP contribution in [-0.4, -0.2) is 42.0 Å². The molecule has 0 N–H and O–H groups in total. The predicted molar refractivity (Wildman–Crippen MR) is 130 cm³/mol. The second kappa shape index (κ2) is 10.9. The SMILES string of the molecule is CCOc1cc(/C=C2/SC(=S)N(C)C2=O)ccc1OCCCOc1ccc(Cl)c(C)c1. The summed E-state index contributed by atoms with van der Waals surface area (Å²) in [5.41, 5.74) is 1.84. The van der Waals surface area contributed by atoms with Gasteiger partial charge >= 0.3 is 0 Å². The lowest BCUT2D eigenvalue weighted by molar-refractivity contribution is -0.121. The Morgan fingerprint density at radius 3 is 2.55 bits per heavy atom. The van der Waals surface area contributed by atoms with E-state index in [4.69, 9.17) is 38.0 Å². The first-order chi connectivity index (χ1) is 14.9. The minimum absolute atomic E-state index is 0.0934. The molecule has 2 aromatic rings. The standard InChI is InChI=1S/C23H24ClNO4S2/c1-4-27-20-13-16(14-21-22(26)25(3)23(30)31-21)6-9-19(20)29-11-5-10-28-17-7-8-18(24)15(2)12-17/h6-9,12-14H,4-5,10-11H2,1-3H3/b21-14+. The molecule has 164 valence electrons. The molecule has 5 nitrogen and oxygen atoms in total. The Labute approximate surface area is 197 Å². The van der Waals surface area contributed by atoms with Crippen LogP contribution in [0.1, 0.15) is 24.5 Å². The van der Waals surface area contributed by atoms with Gasteiger partial charge in [0.15, 0.2) is 11.5 Å². The summed E-state index contributed by atoms with van der Waals surface area (Å²) in [4.78, 5) is 14.3. The molecule has 1 aliphatic rings. The van der Waals surface area contributed by atoms with E-state index in [-0.39, 0.29) is 5.91 Å². The smallest absolute Gasteiger partial charge is 0.265 e. The number of carbonyl (C=O) groups is 1. The molecule has 8 heteroatoms. The summed E-state index contributed by atoms with van der Waals surface area (Å²) in [7, 11) is 1.68. The van der Waals surface area contributed by atoms with Crippen molar-refractivity contribution in [3.05, 3.63) is 57.5 Å². The molecule has 0 aliphatic carbocycles. The summed E-state index contributed by atoms with van der Waals surface area (Å²) >= 11 is 12.5. The Kier molecular flexibility index (Phi) is 8.23. The van der Waals surface area contributed by atoms with E-state index >= 15 is 0 Å². The third kappa shape index (κ3) is 6.15. The Bertz CT molecular complexity index is 1010. The van der Waals surface area contributed by atoms with E-state index in [1.165, 1.54) is 16.7 Å². The number of amides is 1. The molecular formula is C23H24ClNO4S2.